The molecule has 0 aliphatic carbocycles. The summed E-state index contributed by atoms with van der Waals surface area (Å²) in [6, 6.07) is 4.89. The van der Waals surface area contributed by atoms with Crippen LogP contribution in [0.4, 0.5) is 14.5 Å². The van der Waals surface area contributed by atoms with E-state index >= 15 is 0 Å². The zero-order chi connectivity index (χ0) is 23.5. The van der Waals surface area contributed by atoms with E-state index in [0.717, 1.165) is 0 Å². The number of nitrogens with zero attached hydrogens (tertiary/aromatic N) is 5. The average Bonchev–Trinajstić information content (AvgIpc) is 3.42. The molecule has 0 aromatic carbocycles. The van der Waals surface area contributed by atoms with Gasteiger partial charge in [0.15, 0.2) is 17.2 Å². The van der Waals surface area contributed by atoms with Crippen LogP contribution < -0.4 is 16.6 Å². The van der Waals surface area contributed by atoms with Gasteiger partial charge in [-0.3, -0.25) is 9.20 Å². The number of carbonyl (C=O) groups excluding carboxylic acids is 1. The molecule has 0 fully saturated rings. The molecule has 33 heavy (non-hydrogen) atoms. The molecule has 0 bridgehead atoms. The lowest BCUT2D eigenvalue weighted by Gasteiger charge is -2.10. The summed E-state index contributed by atoms with van der Waals surface area (Å²) in [5.41, 5.74) is 3.56. The minimum Gasteiger partial charge on any atom is -0.460 e. The van der Waals surface area contributed by atoms with Gasteiger partial charge in [-0.1, -0.05) is 0 Å². The molecule has 4 aromatic heterocycles. The van der Waals surface area contributed by atoms with Gasteiger partial charge in [-0.25, -0.2) is 34.6 Å². The van der Waals surface area contributed by atoms with Crippen molar-refractivity contribution >= 4 is 23.1 Å². The number of rotatable bonds is 6. The lowest BCUT2D eigenvalue weighted by Crippen LogP contribution is -2.35. The van der Waals surface area contributed by atoms with Crippen molar-refractivity contribution in [2.45, 2.75) is 26.8 Å². The van der Waals surface area contributed by atoms with Crippen LogP contribution in [0.1, 0.15) is 27.5 Å². The van der Waals surface area contributed by atoms with Gasteiger partial charge >= 0.3 is 0 Å². The SMILES string of the molecule is Cc1ncc(CNC(=O)c2cc(N=C(NN)C(F)F)c3ncc(-c4ccc(C)o4)n3c2)cn1. The van der Waals surface area contributed by atoms with Crippen molar-refractivity contribution in [1.29, 1.82) is 0 Å². The number of fused-ring (bicyclic) bond motifs is 1. The highest BCUT2D eigenvalue weighted by Crippen LogP contribution is 2.29. The van der Waals surface area contributed by atoms with Crippen LogP contribution >= 0.6 is 0 Å². The van der Waals surface area contributed by atoms with Crippen molar-refractivity contribution in [1.82, 2.24) is 30.1 Å². The molecule has 0 saturated heterocycles. The number of nitrogens with two attached hydrogens (primary N) is 1. The number of hydrazine groups is 1. The highest BCUT2D eigenvalue weighted by molar-refractivity contribution is 5.97. The molecular weight excluding hydrogens is 434 g/mol. The maximum absolute atomic E-state index is 13.2. The summed E-state index contributed by atoms with van der Waals surface area (Å²) >= 11 is 0. The molecule has 0 aliphatic heterocycles. The van der Waals surface area contributed by atoms with Crippen LogP contribution in [0.3, 0.4) is 0 Å². The predicted octanol–water partition coefficient (Wildman–Crippen LogP) is 2.69. The van der Waals surface area contributed by atoms with Crippen molar-refractivity contribution in [3.05, 3.63) is 65.7 Å². The number of alkyl halides is 2. The molecule has 0 unspecified atom stereocenters. The fourth-order valence-electron chi connectivity index (χ4n) is 3.10. The van der Waals surface area contributed by atoms with Gasteiger partial charge in [0, 0.05) is 30.7 Å². The van der Waals surface area contributed by atoms with Crippen LogP contribution in [0.5, 0.6) is 0 Å². The number of amides is 1. The van der Waals surface area contributed by atoms with E-state index in [1.807, 2.05) is 5.43 Å². The van der Waals surface area contributed by atoms with E-state index < -0.39 is 18.2 Å². The van der Waals surface area contributed by atoms with Crippen molar-refractivity contribution in [3.8, 4) is 11.5 Å². The molecule has 4 N–H and O–H groups in total. The second-order valence-electron chi connectivity index (χ2n) is 7.12. The van der Waals surface area contributed by atoms with Gasteiger partial charge in [-0.15, -0.1) is 0 Å². The van der Waals surface area contributed by atoms with Gasteiger partial charge in [0.05, 0.1) is 11.8 Å². The van der Waals surface area contributed by atoms with Crippen molar-refractivity contribution in [2.24, 2.45) is 10.8 Å². The summed E-state index contributed by atoms with van der Waals surface area (Å²) in [5, 5.41) is 2.76. The number of halogens is 2. The number of furan rings is 1. The number of pyridine rings is 1. The summed E-state index contributed by atoms with van der Waals surface area (Å²) in [5.74, 6) is 5.77. The monoisotopic (exact) mass is 454 g/mol. The minimum atomic E-state index is -2.95. The Bertz CT molecular complexity index is 1330. The Hall–Kier alpha value is -4.19. The van der Waals surface area contributed by atoms with Crippen LogP contribution in [-0.2, 0) is 6.54 Å². The second-order valence-corrected chi connectivity index (χ2v) is 7.12. The molecule has 1 amide bonds. The molecule has 0 aliphatic rings. The fourth-order valence-corrected chi connectivity index (χ4v) is 3.10. The number of amidine groups is 1. The van der Waals surface area contributed by atoms with E-state index in [4.69, 9.17) is 10.3 Å². The van der Waals surface area contributed by atoms with Gasteiger partial charge < -0.3 is 15.2 Å². The molecule has 12 heteroatoms. The summed E-state index contributed by atoms with van der Waals surface area (Å²) in [6.45, 7) is 3.72. The minimum absolute atomic E-state index is 0.0316. The van der Waals surface area contributed by atoms with Crippen molar-refractivity contribution in [3.63, 3.8) is 0 Å². The molecule has 4 aromatic rings. The van der Waals surface area contributed by atoms with Crippen LogP contribution in [0, 0.1) is 13.8 Å². The fraction of sp³-hybridized carbons (Fsp3) is 0.190. The molecule has 0 saturated carbocycles. The third kappa shape index (κ3) is 4.70. The Morgan fingerprint density at radius 3 is 2.61 bits per heavy atom. The van der Waals surface area contributed by atoms with Gasteiger partial charge in [0.1, 0.15) is 23.0 Å². The van der Waals surface area contributed by atoms with Crippen LogP contribution in [0.25, 0.3) is 17.1 Å². The summed E-state index contributed by atoms with van der Waals surface area (Å²) in [7, 11) is 0. The number of imidazole rings is 1. The molecule has 0 atom stereocenters. The largest absolute Gasteiger partial charge is 0.460 e. The number of hydrogen-bond acceptors (Lipinski definition) is 7. The Labute approximate surface area is 186 Å². The van der Waals surface area contributed by atoms with Gasteiger partial charge in [0.2, 0.25) is 0 Å². The zero-order valence-electron chi connectivity index (χ0n) is 17.7. The Morgan fingerprint density at radius 2 is 1.97 bits per heavy atom. The second kappa shape index (κ2) is 9.12. The molecule has 10 nitrogen and oxygen atoms in total. The molecule has 4 rings (SSSR count). The van der Waals surface area contributed by atoms with Gasteiger partial charge in [0.25, 0.3) is 12.3 Å². The highest BCUT2D eigenvalue weighted by atomic mass is 19.3. The zero-order valence-corrected chi connectivity index (χ0v) is 17.7. The van der Waals surface area contributed by atoms with E-state index in [1.165, 1.54) is 18.5 Å². The molecular formula is C21H20F2N8O2. The number of hydrogen-bond donors (Lipinski definition) is 3. The number of carbonyl (C=O) groups is 1. The first kappa shape index (κ1) is 22.0. The Kier molecular flexibility index (Phi) is 6.09. The van der Waals surface area contributed by atoms with Gasteiger partial charge in [-0.05, 0) is 32.0 Å². The Morgan fingerprint density at radius 1 is 1.21 bits per heavy atom. The number of aryl methyl sites for hydroxylation is 2. The van der Waals surface area contributed by atoms with E-state index in [2.05, 4.69) is 25.3 Å². The molecule has 0 radical (unpaired) electrons. The number of nitrogens with one attached hydrogen (secondary N) is 2. The lowest BCUT2D eigenvalue weighted by molar-refractivity contribution is 0.0950. The maximum atomic E-state index is 13.2. The van der Waals surface area contributed by atoms with Crippen LogP contribution in [-0.4, -0.2) is 37.5 Å². The maximum Gasteiger partial charge on any atom is 0.296 e. The Balaban J connectivity index is 1.76. The smallest absolute Gasteiger partial charge is 0.296 e. The molecule has 170 valence electrons. The third-order valence-corrected chi connectivity index (χ3v) is 4.72. The normalized spacial score (nSPS) is 11.9. The first-order valence-corrected chi connectivity index (χ1v) is 9.82. The highest BCUT2D eigenvalue weighted by Gasteiger charge is 2.19. The van der Waals surface area contributed by atoms with E-state index in [0.29, 0.717) is 28.6 Å². The standard InChI is InChI=1S/C21H20F2N8O2/c1-11-3-4-17(33-11)16-9-27-20-15(29-19(30-24)18(22)23)5-14(10-31(16)20)21(32)28-8-13-6-25-12(2)26-7-13/h3-7,9-10,18H,8,24H2,1-2H3,(H,28,32)(H,29,30). The van der Waals surface area contributed by atoms with Crippen LogP contribution in [0.15, 0.2) is 52.4 Å². The first-order chi connectivity index (χ1) is 15.9. The molecule has 0 spiro atoms. The van der Waals surface area contributed by atoms with Crippen molar-refractivity contribution in [2.75, 3.05) is 0 Å². The van der Waals surface area contributed by atoms with E-state index in [-0.39, 0.29) is 23.4 Å². The lowest BCUT2D eigenvalue weighted by atomic mass is 10.2. The molecule has 4 heterocycles. The summed E-state index contributed by atoms with van der Waals surface area (Å²) < 4.78 is 33.7. The third-order valence-electron chi connectivity index (χ3n) is 4.72. The number of aromatic nitrogens is 4. The predicted molar refractivity (Wildman–Crippen MR) is 116 cm³/mol. The topological polar surface area (TPSA) is 136 Å². The van der Waals surface area contributed by atoms with Gasteiger partial charge in [-0.2, -0.15) is 0 Å². The van der Waals surface area contributed by atoms with Crippen molar-refractivity contribution < 1.29 is 18.0 Å². The average molecular weight is 454 g/mol. The van der Waals surface area contributed by atoms with E-state index in [9.17, 15) is 13.6 Å². The number of aliphatic imine (C=N–C) groups is 1. The summed E-state index contributed by atoms with van der Waals surface area (Å²) in [6.07, 6.45) is 3.31. The van der Waals surface area contributed by atoms with Crippen LogP contribution in [0.2, 0.25) is 0 Å². The quantitative estimate of drug-likeness (QED) is 0.176. The van der Waals surface area contributed by atoms with E-state index in [1.54, 1.807) is 42.8 Å². The first-order valence-electron chi connectivity index (χ1n) is 9.82. The summed E-state index contributed by atoms with van der Waals surface area (Å²) in [4.78, 5) is 29.3.